The third kappa shape index (κ3) is 2.77. The Kier molecular flexibility index (Phi) is 3.90. The van der Waals surface area contributed by atoms with Crippen molar-refractivity contribution in [2.45, 2.75) is 4.90 Å². The molecule has 3 rings (SSSR count). The van der Waals surface area contributed by atoms with E-state index < -0.39 is 0 Å². The Balaban J connectivity index is 2.09. The van der Waals surface area contributed by atoms with E-state index in [1.165, 1.54) is 4.90 Å². The predicted octanol–water partition coefficient (Wildman–Crippen LogP) is 4.70. The number of hydrogen-bond acceptors (Lipinski definition) is 3. The highest BCUT2D eigenvalue weighted by molar-refractivity contribution is 7.98. The Hall–Kier alpha value is -1.91. The van der Waals surface area contributed by atoms with Crippen molar-refractivity contribution >= 4 is 29.2 Å². The minimum Gasteiger partial charge on any atom is -0.382 e. The SMILES string of the molecule is CSc1ccc(-c2[nH]nc(N)c2-c2ccc(Cl)cc2)cc1. The molecule has 0 aliphatic carbocycles. The topological polar surface area (TPSA) is 54.7 Å². The zero-order chi connectivity index (χ0) is 14.8. The molecule has 21 heavy (non-hydrogen) atoms. The Labute approximate surface area is 132 Å². The Morgan fingerprint density at radius 1 is 1.00 bits per heavy atom. The number of anilines is 1. The second-order valence-electron chi connectivity index (χ2n) is 4.59. The van der Waals surface area contributed by atoms with Crippen molar-refractivity contribution in [2.24, 2.45) is 0 Å². The zero-order valence-electron chi connectivity index (χ0n) is 11.4. The molecule has 106 valence electrons. The fourth-order valence-electron chi connectivity index (χ4n) is 2.23. The van der Waals surface area contributed by atoms with Crippen LogP contribution in [0.2, 0.25) is 5.02 Å². The summed E-state index contributed by atoms with van der Waals surface area (Å²) in [6.45, 7) is 0. The van der Waals surface area contributed by atoms with E-state index in [9.17, 15) is 0 Å². The van der Waals surface area contributed by atoms with Crippen molar-refractivity contribution in [3.8, 4) is 22.4 Å². The van der Waals surface area contributed by atoms with E-state index in [4.69, 9.17) is 17.3 Å². The maximum absolute atomic E-state index is 6.03. The molecule has 0 spiro atoms. The molecule has 3 aromatic rings. The summed E-state index contributed by atoms with van der Waals surface area (Å²) < 4.78 is 0. The van der Waals surface area contributed by atoms with Gasteiger partial charge in [-0.15, -0.1) is 11.8 Å². The van der Waals surface area contributed by atoms with Gasteiger partial charge in [-0.05, 0) is 36.1 Å². The number of rotatable bonds is 3. The summed E-state index contributed by atoms with van der Waals surface area (Å²) in [5, 5.41) is 7.88. The fraction of sp³-hybridized carbons (Fsp3) is 0.0625. The van der Waals surface area contributed by atoms with Gasteiger partial charge in [-0.25, -0.2) is 0 Å². The highest BCUT2D eigenvalue weighted by Crippen LogP contribution is 2.35. The lowest BCUT2D eigenvalue weighted by atomic mass is 10.0. The van der Waals surface area contributed by atoms with Crippen LogP contribution in [0.4, 0.5) is 5.82 Å². The van der Waals surface area contributed by atoms with Gasteiger partial charge in [0.1, 0.15) is 0 Å². The summed E-state index contributed by atoms with van der Waals surface area (Å²) in [4.78, 5) is 1.22. The molecule has 0 radical (unpaired) electrons. The van der Waals surface area contributed by atoms with Crippen molar-refractivity contribution in [1.29, 1.82) is 0 Å². The van der Waals surface area contributed by atoms with Gasteiger partial charge in [-0.2, -0.15) is 5.10 Å². The molecule has 3 N–H and O–H groups in total. The van der Waals surface area contributed by atoms with Crippen LogP contribution >= 0.6 is 23.4 Å². The number of benzene rings is 2. The molecule has 1 aromatic heterocycles. The lowest BCUT2D eigenvalue weighted by Crippen LogP contribution is -1.88. The molecule has 3 nitrogen and oxygen atoms in total. The van der Waals surface area contributed by atoms with Crippen LogP contribution in [0.5, 0.6) is 0 Å². The zero-order valence-corrected chi connectivity index (χ0v) is 13.0. The summed E-state index contributed by atoms with van der Waals surface area (Å²) in [5.41, 5.74) is 9.90. The van der Waals surface area contributed by atoms with E-state index in [-0.39, 0.29) is 0 Å². The normalized spacial score (nSPS) is 10.8. The lowest BCUT2D eigenvalue weighted by molar-refractivity contribution is 1.10. The molecular weight excluding hydrogens is 302 g/mol. The molecule has 0 aliphatic rings. The van der Waals surface area contributed by atoms with Gasteiger partial charge in [-0.3, -0.25) is 5.10 Å². The number of nitrogens with zero attached hydrogens (tertiary/aromatic N) is 1. The maximum atomic E-state index is 6.03. The number of nitrogen functional groups attached to an aromatic ring is 1. The van der Waals surface area contributed by atoms with Crippen LogP contribution in [0.15, 0.2) is 53.4 Å². The number of thioether (sulfide) groups is 1. The summed E-state index contributed by atoms with van der Waals surface area (Å²) in [6, 6.07) is 15.9. The van der Waals surface area contributed by atoms with Crippen LogP contribution in [0.3, 0.4) is 0 Å². The number of aromatic amines is 1. The molecular formula is C16H14ClN3S. The summed E-state index contributed by atoms with van der Waals surface area (Å²) >= 11 is 7.66. The highest BCUT2D eigenvalue weighted by atomic mass is 35.5. The number of halogens is 1. The smallest absolute Gasteiger partial charge is 0.153 e. The first-order valence-electron chi connectivity index (χ1n) is 6.43. The molecule has 0 fully saturated rings. The van der Waals surface area contributed by atoms with Gasteiger partial charge < -0.3 is 5.73 Å². The molecule has 0 bridgehead atoms. The minimum atomic E-state index is 0.487. The van der Waals surface area contributed by atoms with Gasteiger partial charge in [0, 0.05) is 15.5 Å². The molecule has 0 saturated carbocycles. The van der Waals surface area contributed by atoms with Gasteiger partial charge in [0.2, 0.25) is 0 Å². The molecule has 0 aliphatic heterocycles. The molecule has 0 atom stereocenters. The van der Waals surface area contributed by atoms with Gasteiger partial charge in [0.15, 0.2) is 5.82 Å². The number of nitrogens with one attached hydrogen (secondary N) is 1. The maximum Gasteiger partial charge on any atom is 0.153 e. The first-order chi connectivity index (χ1) is 10.2. The Morgan fingerprint density at radius 2 is 1.62 bits per heavy atom. The number of hydrogen-bond donors (Lipinski definition) is 2. The minimum absolute atomic E-state index is 0.487. The number of H-pyrrole nitrogens is 1. The van der Waals surface area contributed by atoms with Crippen LogP contribution < -0.4 is 5.73 Å². The standard InChI is InChI=1S/C16H14ClN3S/c1-21-13-8-4-11(5-9-13)15-14(16(18)20-19-15)10-2-6-12(17)7-3-10/h2-9H,1H3,(H3,18,19,20). The van der Waals surface area contributed by atoms with Crippen molar-refractivity contribution < 1.29 is 0 Å². The Morgan fingerprint density at radius 3 is 2.24 bits per heavy atom. The van der Waals surface area contributed by atoms with Crippen molar-refractivity contribution in [3.63, 3.8) is 0 Å². The molecule has 0 unspecified atom stereocenters. The number of aromatic nitrogens is 2. The summed E-state index contributed by atoms with van der Waals surface area (Å²) in [6.07, 6.45) is 2.06. The number of nitrogens with two attached hydrogens (primary N) is 1. The molecule has 5 heteroatoms. The first kappa shape index (κ1) is 14.0. The van der Waals surface area contributed by atoms with E-state index in [0.717, 1.165) is 22.4 Å². The third-order valence-corrected chi connectivity index (χ3v) is 4.30. The van der Waals surface area contributed by atoms with Gasteiger partial charge in [-0.1, -0.05) is 35.9 Å². The molecule has 1 heterocycles. The second kappa shape index (κ2) is 5.84. The van der Waals surface area contributed by atoms with Crippen molar-refractivity contribution in [1.82, 2.24) is 10.2 Å². The van der Waals surface area contributed by atoms with Crippen molar-refractivity contribution in [2.75, 3.05) is 12.0 Å². The lowest BCUT2D eigenvalue weighted by Gasteiger charge is -2.06. The molecule has 0 saturated heterocycles. The van der Waals surface area contributed by atoms with Gasteiger partial charge in [0.25, 0.3) is 0 Å². The van der Waals surface area contributed by atoms with Crippen LogP contribution in [0.25, 0.3) is 22.4 Å². The largest absolute Gasteiger partial charge is 0.382 e. The quantitative estimate of drug-likeness (QED) is 0.689. The van der Waals surface area contributed by atoms with Crippen LogP contribution in [0.1, 0.15) is 0 Å². The van der Waals surface area contributed by atoms with E-state index in [2.05, 4.69) is 40.7 Å². The van der Waals surface area contributed by atoms with E-state index >= 15 is 0 Å². The average Bonchev–Trinajstić information content (AvgIpc) is 2.90. The first-order valence-corrected chi connectivity index (χ1v) is 8.03. The summed E-state index contributed by atoms with van der Waals surface area (Å²) in [5.74, 6) is 0.487. The molecule has 2 aromatic carbocycles. The summed E-state index contributed by atoms with van der Waals surface area (Å²) in [7, 11) is 0. The van der Waals surface area contributed by atoms with Gasteiger partial charge >= 0.3 is 0 Å². The van der Waals surface area contributed by atoms with E-state index in [0.29, 0.717) is 10.8 Å². The van der Waals surface area contributed by atoms with E-state index in [1.54, 1.807) is 11.8 Å². The fourth-order valence-corrected chi connectivity index (χ4v) is 2.77. The van der Waals surface area contributed by atoms with Crippen molar-refractivity contribution in [3.05, 3.63) is 53.6 Å². The third-order valence-electron chi connectivity index (χ3n) is 3.31. The monoisotopic (exact) mass is 315 g/mol. The van der Waals surface area contributed by atoms with Crippen LogP contribution in [-0.2, 0) is 0 Å². The Bertz CT molecular complexity index is 748. The van der Waals surface area contributed by atoms with Crippen LogP contribution in [-0.4, -0.2) is 16.5 Å². The van der Waals surface area contributed by atoms with E-state index in [1.807, 2.05) is 24.3 Å². The average molecular weight is 316 g/mol. The predicted molar refractivity (Wildman–Crippen MR) is 90.7 cm³/mol. The second-order valence-corrected chi connectivity index (χ2v) is 5.91. The highest BCUT2D eigenvalue weighted by Gasteiger charge is 2.14. The van der Waals surface area contributed by atoms with Crippen LogP contribution in [0, 0.1) is 0 Å². The molecule has 0 amide bonds. The van der Waals surface area contributed by atoms with Gasteiger partial charge in [0.05, 0.1) is 11.3 Å².